The number of aromatic nitrogens is 2. The van der Waals surface area contributed by atoms with Crippen LogP contribution in [0.15, 0.2) is 30.3 Å². The topological polar surface area (TPSA) is 84.2 Å². The first-order valence-corrected chi connectivity index (χ1v) is 8.88. The van der Waals surface area contributed by atoms with Crippen molar-refractivity contribution in [2.75, 3.05) is 0 Å². The molecule has 2 aromatic heterocycles. The minimum atomic E-state index is -1.07. The van der Waals surface area contributed by atoms with Crippen molar-refractivity contribution in [1.29, 1.82) is 0 Å². The molecule has 3 rings (SSSR count). The Bertz CT molecular complexity index is 976. The molecular formula is C18H18FN3O3S. The standard InChI is InChI=1S/C18H18FN3O3S/c1-9(2)15(18(24)25)20-16(23)14-8-13-10(3)21-22(17(13)26-14)12-6-4-11(19)5-7-12/h4-9,15H,1-3H3,(H,20,23)(H,24,25)/t15-/m1/s1. The number of nitrogens with zero attached hydrogens (tertiary/aromatic N) is 2. The zero-order valence-electron chi connectivity index (χ0n) is 14.5. The van der Waals surface area contributed by atoms with Crippen LogP contribution in [0.1, 0.15) is 29.2 Å². The molecule has 0 fully saturated rings. The summed E-state index contributed by atoms with van der Waals surface area (Å²) in [5.74, 6) is -2.07. The molecule has 0 unspecified atom stereocenters. The van der Waals surface area contributed by atoms with E-state index in [1.165, 1.54) is 23.5 Å². The molecule has 3 aromatic rings. The summed E-state index contributed by atoms with van der Waals surface area (Å²) in [5.41, 5.74) is 1.42. The normalized spacial score (nSPS) is 12.5. The Balaban J connectivity index is 1.97. The molecule has 136 valence electrons. The van der Waals surface area contributed by atoms with Crippen molar-refractivity contribution in [2.24, 2.45) is 5.92 Å². The number of carbonyl (C=O) groups excluding carboxylic acids is 1. The highest BCUT2D eigenvalue weighted by Crippen LogP contribution is 2.30. The average Bonchev–Trinajstić information content (AvgIpc) is 3.14. The number of aliphatic carboxylic acids is 1. The lowest BCUT2D eigenvalue weighted by Gasteiger charge is -2.17. The number of halogens is 1. The molecule has 1 atom stereocenters. The summed E-state index contributed by atoms with van der Waals surface area (Å²) in [4.78, 5) is 24.9. The number of carboxylic acid groups (broad SMARTS) is 1. The molecule has 0 spiro atoms. The van der Waals surface area contributed by atoms with Crippen LogP contribution in [-0.2, 0) is 4.79 Å². The monoisotopic (exact) mass is 375 g/mol. The molecule has 1 amide bonds. The van der Waals surface area contributed by atoms with Crippen LogP contribution in [-0.4, -0.2) is 32.8 Å². The highest BCUT2D eigenvalue weighted by molar-refractivity contribution is 7.20. The summed E-state index contributed by atoms with van der Waals surface area (Å²) in [7, 11) is 0. The third-order valence-electron chi connectivity index (χ3n) is 4.06. The third-order valence-corrected chi connectivity index (χ3v) is 5.17. The first kappa shape index (κ1) is 18.1. The molecule has 26 heavy (non-hydrogen) atoms. The number of hydrogen-bond acceptors (Lipinski definition) is 4. The quantitative estimate of drug-likeness (QED) is 0.716. The van der Waals surface area contributed by atoms with Crippen LogP contribution in [0.4, 0.5) is 4.39 Å². The minimum absolute atomic E-state index is 0.234. The number of carboxylic acids is 1. The van der Waals surface area contributed by atoms with E-state index in [2.05, 4.69) is 10.4 Å². The van der Waals surface area contributed by atoms with Crippen LogP contribution >= 0.6 is 11.3 Å². The van der Waals surface area contributed by atoms with Gasteiger partial charge in [-0.15, -0.1) is 11.3 Å². The molecule has 0 aliphatic rings. The van der Waals surface area contributed by atoms with E-state index in [9.17, 15) is 19.1 Å². The number of nitrogens with one attached hydrogen (secondary N) is 1. The lowest BCUT2D eigenvalue weighted by molar-refractivity contribution is -0.140. The van der Waals surface area contributed by atoms with E-state index in [4.69, 9.17) is 0 Å². The van der Waals surface area contributed by atoms with Gasteiger partial charge in [-0.25, -0.2) is 13.9 Å². The smallest absolute Gasteiger partial charge is 0.326 e. The molecule has 2 N–H and O–H groups in total. The molecule has 0 aliphatic carbocycles. The van der Waals surface area contributed by atoms with Crippen molar-refractivity contribution in [2.45, 2.75) is 26.8 Å². The summed E-state index contributed by atoms with van der Waals surface area (Å²) in [5, 5.41) is 17.1. The second-order valence-corrected chi connectivity index (χ2v) is 7.37. The van der Waals surface area contributed by atoms with Crippen molar-refractivity contribution >= 4 is 33.4 Å². The van der Waals surface area contributed by atoms with Gasteiger partial charge in [-0.05, 0) is 43.2 Å². The first-order chi connectivity index (χ1) is 12.3. The summed E-state index contributed by atoms with van der Waals surface area (Å²) in [6, 6.07) is 6.66. The average molecular weight is 375 g/mol. The minimum Gasteiger partial charge on any atom is -0.480 e. The van der Waals surface area contributed by atoms with Crippen LogP contribution in [0, 0.1) is 18.7 Å². The highest BCUT2D eigenvalue weighted by Gasteiger charge is 2.25. The van der Waals surface area contributed by atoms with Crippen LogP contribution in [0.5, 0.6) is 0 Å². The van der Waals surface area contributed by atoms with Gasteiger partial charge in [0.25, 0.3) is 5.91 Å². The third kappa shape index (κ3) is 3.32. The van der Waals surface area contributed by atoms with Crippen molar-refractivity contribution in [3.63, 3.8) is 0 Å². The fourth-order valence-electron chi connectivity index (χ4n) is 2.64. The van der Waals surface area contributed by atoms with E-state index in [0.717, 1.165) is 15.9 Å². The maximum Gasteiger partial charge on any atom is 0.326 e. The van der Waals surface area contributed by atoms with Crippen LogP contribution in [0.25, 0.3) is 15.9 Å². The maximum absolute atomic E-state index is 13.2. The second-order valence-electron chi connectivity index (χ2n) is 6.34. The van der Waals surface area contributed by atoms with E-state index in [-0.39, 0.29) is 11.7 Å². The van der Waals surface area contributed by atoms with Gasteiger partial charge < -0.3 is 10.4 Å². The fourth-order valence-corrected chi connectivity index (χ4v) is 3.73. The molecule has 2 heterocycles. The Morgan fingerprint density at radius 2 is 1.92 bits per heavy atom. The van der Waals surface area contributed by atoms with E-state index in [1.54, 1.807) is 36.7 Å². The lowest BCUT2D eigenvalue weighted by Crippen LogP contribution is -2.44. The predicted molar refractivity (Wildman–Crippen MR) is 97.4 cm³/mol. The summed E-state index contributed by atoms with van der Waals surface area (Å²) in [6.07, 6.45) is 0. The molecule has 6 nitrogen and oxygen atoms in total. The number of fused-ring (bicyclic) bond motifs is 1. The summed E-state index contributed by atoms with van der Waals surface area (Å²) in [6.45, 7) is 5.30. The number of thiophene rings is 1. The molecule has 0 radical (unpaired) electrons. The van der Waals surface area contributed by atoms with Gasteiger partial charge in [0, 0.05) is 5.39 Å². The van der Waals surface area contributed by atoms with Crippen LogP contribution < -0.4 is 5.32 Å². The Kier molecular flexibility index (Phi) is 4.78. The Morgan fingerprint density at radius 3 is 2.50 bits per heavy atom. The van der Waals surface area contributed by atoms with Crippen molar-refractivity contribution in [3.8, 4) is 5.69 Å². The Hall–Kier alpha value is -2.74. The maximum atomic E-state index is 13.2. The van der Waals surface area contributed by atoms with Gasteiger partial charge in [-0.2, -0.15) is 5.10 Å². The van der Waals surface area contributed by atoms with Gasteiger partial charge in [0.15, 0.2) is 0 Å². The van der Waals surface area contributed by atoms with Crippen LogP contribution in [0.3, 0.4) is 0 Å². The van der Waals surface area contributed by atoms with Crippen molar-refractivity contribution in [1.82, 2.24) is 15.1 Å². The van der Waals surface area contributed by atoms with Crippen LogP contribution in [0.2, 0.25) is 0 Å². The molecule has 0 saturated carbocycles. The first-order valence-electron chi connectivity index (χ1n) is 8.06. The van der Waals surface area contributed by atoms with E-state index >= 15 is 0 Å². The Labute approximate surface area is 153 Å². The largest absolute Gasteiger partial charge is 0.480 e. The number of rotatable bonds is 5. The zero-order valence-corrected chi connectivity index (χ0v) is 15.3. The van der Waals surface area contributed by atoms with Gasteiger partial charge in [0.1, 0.15) is 16.7 Å². The highest BCUT2D eigenvalue weighted by atomic mass is 32.1. The Morgan fingerprint density at radius 1 is 1.27 bits per heavy atom. The zero-order chi connectivity index (χ0) is 19.0. The number of carbonyl (C=O) groups is 2. The van der Waals surface area contributed by atoms with Gasteiger partial charge >= 0.3 is 5.97 Å². The lowest BCUT2D eigenvalue weighted by atomic mass is 10.0. The van der Waals surface area contributed by atoms with Crippen molar-refractivity contribution in [3.05, 3.63) is 46.7 Å². The summed E-state index contributed by atoms with van der Waals surface area (Å²) < 4.78 is 14.8. The van der Waals surface area contributed by atoms with Crippen molar-refractivity contribution < 1.29 is 19.1 Å². The molecule has 0 aliphatic heterocycles. The molecule has 1 aromatic carbocycles. The predicted octanol–water partition coefficient (Wildman–Crippen LogP) is 3.37. The van der Waals surface area contributed by atoms with Gasteiger partial charge in [0.05, 0.1) is 16.3 Å². The summed E-state index contributed by atoms with van der Waals surface area (Å²) >= 11 is 1.22. The van der Waals surface area contributed by atoms with E-state index < -0.39 is 17.9 Å². The van der Waals surface area contributed by atoms with E-state index in [0.29, 0.717) is 10.6 Å². The number of benzene rings is 1. The number of hydrogen-bond donors (Lipinski definition) is 2. The fraction of sp³-hybridized carbons (Fsp3) is 0.278. The number of aryl methyl sites for hydroxylation is 1. The number of amides is 1. The SMILES string of the molecule is Cc1nn(-c2ccc(F)cc2)c2sc(C(=O)N[C@@H](C(=O)O)C(C)C)cc12. The van der Waals surface area contributed by atoms with E-state index in [1.807, 2.05) is 6.92 Å². The van der Waals surface area contributed by atoms with Gasteiger partial charge in [-0.3, -0.25) is 4.79 Å². The molecule has 0 saturated heterocycles. The van der Waals surface area contributed by atoms with Gasteiger partial charge in [0.2, 0.25) is 0 Å². The molecular weight excluding hydrogens is 357 g/mol. The molecule has 8 heteroatoms. The van der Waals surface area contributed by atoms with Gasteiger partial charge in [-0.1, -0.05) is 13.8 Å². The molecule has 0 bridgehead atoms. The second kappa shape index (κ2) is 6.87.